The molecule has 2 rings (SSSR count). The van der Waals surface area contributed by atoms with Crippen LogP contribution in [0.25, 0.3) is 0 Å². The standard InChI is InChI=1S/C12H21NO2/c13-12(9-10(14)15)8-4-7-11(12)5-2-1-3-6-11/h1-9,13H2,(H,14,15). The van der Waals surface area contributed by atoms with Crippen molar-refractivity contribution in [3.05, 3.63) is 0 Å². The fourth-order valence-electron chi connectivity index (χ4n) is 3.78. The van der Waals surface area contributed by atoms with Crippen molar-refractivity contribution in [2.75, 3.05) is 0 Å². The smallest absolute Gasteiger partial charge is 0.305 e. The zero-order valence-corrected chi connectivity index (χ0v) is 9.30. The van der Waals surface area contributed by atoms with Crippen molar-refractivity contribution >= 4 is 5.97 Å². The zero-order valence-electron chi connectivity index (χ0n) is 9.30. The lowest BCUT2D eigenvalue weighted by Gasteiger charge is -2.45. The summed E-state index contributed by atoms with van der Waals surface area (Å²) in [6.45, 7) is 0. The minimum Gasteiger partial charge on any atom is -0.481 e. The Balaban J connectivity index is 2.18. The van der Waals surface area contributed by atoms with Gasteiger partial charge in [0, 0.05) is 5.54 Å². The van der Waals surface area contributed by atoms with Gasteiger partial charge in [-0.1, -0.05) is 25.7 Å². The van der Waals surface area contributed by atoms with E-state index in [0.29, 0.717) is 0 Å². The molecule has 0 bridgehead atoms. The Bertz CT molecular complexity index is 258. The van der Waals surface area contributed by atoms with Gasteiger partial charge in [0.25, 0.3) is 0 Å². The van der Waals surface area contributed by atoms with E-state index in [0.717, 1.165) is 32.1 Å². The van der Waals surface area contributed by atoms with Crippen molar-refractivity contribution < 1.29 is 9.90 Å². The van der Waals surface area contributed by atoms with Gasteiger partial charge in [-0.25, -0.2) is 0 Å². The van der Waals surface area contributed by atoms with Gasteiger partial charge < -0.3 is 10.8 Å². The number of aliphatic carboxylic acids is 1. The van der Waals surface area contributed by atoms with Crippen LogP contribution in [-0.2, 0) is 4.79 Å². The molecule has 2 aliphatic rings. The predicted molar refractivity (Wildman–Crippen MR) is 58.5 cm³/mol. The van der Waals surface area contributed by atoms with Crippen molar-refractivity contribution in [3.63, 3.8) is 0 Å². The summed E-state index contributed by atoms with van der Waals surface area (Å²) >= 11 is 0. The third-order valence-corrected chi connectivity index (χ3v) is 4.61. The second-order valence-corrected chi connectivity index (χ2v) is 5.42. The summed E-state index contributed by atoms with van der Waals surface area (Å²) in [6, 6.07) is 0. The highest BCUT2D eigenvalue weighted by atomic mass is 16.4. The minimum absolute atomic E-state index is 0.156. The molecular formula is C12H21NO2. The molecule has 3 N–H and O–H groups in total. The molecule has 15 heavy (non-hydrogen) atoms. The molecule has 86 valence electrons. The Morgan fingerprint density at radius 3 is 2.27 bits per heavy atom. The quantitative estimate of drug-likeness (QED) is 0.736. The van der Waals surface area contributed by atoms with Crippen LogP contribution in [0, 0.1) is 5.41 Å². The van der Waals surface area contributed by atoms with E-state index in [4.69, 9.17) is 10.8 Å². The normalized spacial score (nSPS) is 34.5. The fourth-order valence-corrected chi connectivity index (χ4v) is 3.78. The van der Waals surface area contributed by atoms with Crippen molar-refractivity contribution in [2.24, 2.45) is 11.1 Å². The number of hydrogen-bond donors (Lipinski definition) is 2. The number of rotatable bonds is 2. The Morgan fingerprint density at radius 2 is 1.67 bits per heavy atom. The van der Waals surface area contributed by atoms with Gasteiger partial charge in [-0.15, -0.1) is 0 Å². The average molecular weight is 211 g/mol. The van der Waals surface area contributed by atoms with E-state index >= 15 is 0 Å². The van der Waals surface area contributed by atoms with E-state index in [-0.39, 0.29) is 11.8 Å². The summed E-state index contributed by atoms with van der Waals surface area (Å²) < 4.78 is 0. The number of carboxylic acid groups (broad SMARTS) is 1. The Morgan fingerprint density at radius 1 is 1.07 bits per heavy atom. The van der Waals surface area contributed by atoms with Gasteiger partial charge >= 0.3 is 5.97 Å². The molecule has 0 aromatic carbocycles. The van der Waals surface area contributed by atoms with Crippen LogP contribution in [-0.4, -0.2) is 16.6 Å². The number of carboxylic acids is 1. The van der Waals surface area contributed by atoms with Crippen molar-refractivity contribution in [1.29, 1.82) is 0 Å². The Kier molecular flexibility index (Phi) is 2.75. The molecular weight excluding hydrogens is 190 g/mol. The maximum atomic E-state index is 10.9. The largest absolute Gasteiger partial charge is 0.481 e. The van der Waals surface area contributed by atoms with E-state index in [1.165, 1.54) is 19.3 Å². The molecule has 2 aliphatic carbocycles. The molecule has 2 saturated carbocycles. The second-order valence-electron chi connectivity index (χ2n) is 5.42. The van der Waals surface area contributed by atoms with Crippen molar-refractivity contribution in [2.45, 2.75) is 63.3 Å². The first-order valence-corrected chi connectivity index (χ1v) is 6.09. The zero-order chi connectivity index (χ0) is 10.9. The summed E-state index contributed by atoms with van der Waals surface area (Å²) in [6.07, 6.45) is 9.39. The van der Waals surface area contributed by atoms with Gasteiger partial charge in [-0.05, 0) is 31.1 Å². The summed E-state index contributed by atoms with van der Waals surface area (Å²) in [7, 11) is 0. The monoisotopic (exact) mass is 211 g/mol. The molecule has 0 heterocycles. The van der Waals surface area contributed by atoms with Crippen LogP contribution in [0.15, 0.2) is 0 Å². The first-order chi connectivity index (χ1) is 7.08. The summed E-state index contributed by atoms with van der Waals surface area (Å²) in [4.78, 5) is 10.9. The first-order valence-electron chi connectivity index (χ1n) is 6.09. The molecule has 0 saturated heterocycles. The molecule has 0 aromatic rings. The van der Waals surface area contributed by atoms with Crippen molar-refractivity contribution in [3.8, 4) is 0 Å². The molecule has 0 radical (unpaired) electrons. The molecule has 0 aliphatic heterocycles. The van der Waals surface area contributed by atoms with Crippen LogP contribution in [0.5, 0.6) is 0 Å². The van der Waals surface area contributed by atoms with Crippen LogP contribution in [0.4, 0.5) is 0 Å². The maximum Gasteiger partial charge on any atom is 0.305 e. The molecule has 0 amide bonds. The number of nitrogens with two attached hydrogens (primary N) is 1. The minimum atomic E-state index is -0.732. The average Bonchev–Trinajstić information content (AvgIpc) is 2.44. The molecule has 1 spiro atoms. The van der Waals surface area contributed by atoms with E-state index in [1.54, 1.807) is 0 Å². The van der Waals surface area contributed by atoms with E-state index in [1.807, 2.05) is 0 Å². The molecule has 1 unspecified atom stereocenters. The molecule has 1 atom stereocenters. The maximum absolute atomic E-state index is 10.9. The summed E-state index contributed by atoms with van der Waals surface area (Å²) in [5.41, 5.74) is 6.13. The van der Waals surface area contributed by atoms with Gasteiger partial charge in [-0.3, -0.25) is 4.79 Å². The highest BCUT2D eigenvalue weighted by Gasteiger charge is 2.52. The number of carbonyl (C=O) groups is 1. The summed E-state index contributed by atoms with van der Waals surface area (Å²) in [5, 5.41) is 8.97. The lowest BCUT2D eigenvalue weighted by Crippen LogP contribution is -2.53. The van der Waals surface area contributed by atoms with E-state index in [2.05, 4.69) is 0 Å². The lowest BCUT2D eigenvalue weighted by molar-refractivity contribution is -0.139. The Labute approximate surface area is 91.0 Å². The first kappa shape index (κ1) is 10.9. The van der Waals surface area contributed by atoms with Gasteiger partial charge in [0.2, 0.25) is 0 Å². The van der Waals surface area contributed by atoms with Crippen LogP contribution < -0.4 is 5.73 Å². The van der Waals surface area contributed by atoms with Gasteiger partial charge in [0.1, 0.15) is 0 Å². The number of hydrogen-bond acceptors (Lipinski definition) is 2. The fraction of sp³-hybridized carbons (Fsp3) is 0.917. The Hall–Kier alpha value is -0.570. The van der Waals surface area contributed by atoms with E-state index < -0.39 is 11.5 Å². The molecule has 3 nitrogen and oxygen atoms in total. The van der Waals surface area contributed by atoms with Crippen LogP contribution >= 0.6 is 0 Å². The molecule has 2 fully saturated rings. The van der Waals surface area contributed by atoms with Gasteiger partial charge in [0.05, 0.1) is 6.42 Å². The van der Waals surface area contributed by atoms with E-state index in [9.17, 15) is 4.79 Å². The van der Waals surface area contributed by atoms with Crippen LogP contribution in [0.2, 0.25) is 0 Å². The SMILES string of the molecule is NC1(CC(=O)O)CCCC12CCCCC2. The highest BCUT2D eigenvalue weighted by molar-refractivity contribution is 5.68. The molecule has 3 heteroatoms. The van der Waals surface area contributed by atoms with Crippen LogP contribution in [0.3, 0.4) is 0 Å². The van der Waals surface area contributed by atoms with Gasteiger partial charge in [0.15, 0.2) is 0 Å². The topological polar surface area (TPSA) is 63.3 Å². The molecule has 0 aromatic heterocycles. The summed E-state index contributed by atoms with van der Waals surface area (Å²) in [5.74, 6) is -0.732. The van der Waals surface area contributed by atoms with Crippen LogP contribution in [0.1, 0.15) is 57.8 Å². The third kappa shape index (κ3) is 1.78. The lowest BCUT2D eigenvalue weighted by atomic mass is 9.62. The highest BCUT2D eigenvalue weighted by Crippen LogP contribution is 2.55. The third-order valence-electron chi connectivity index (χ3n) is 4.61. The van der Waals surface area contributed by atoms with Gasteiger partial charge in [-0.2, -0.15) is 0 Å². The predicted octanol–water partition coefficient (Wildman–Crippen LogP) is 2.29. The second kappa shape index (κ2) is 3.78. The van der Waals surface area contributed by atoms with Crippen molar-refractivity contribution in [1.82, 2.24) is 0 Å².